The molecule has 0 radical (unpaired) electrons. The fourth-order valence-electron chi connectivity index (χ4n) is 2.53. The lowest BCUT2D eigenvalue weighted by molar-refractivity contribution is 0.0976. The zero-order valence-corrected chi connectivity index (χ0v) is 10.5. The summed E-state index contributed by atoms with van der Waals surface area (Å²) in [7, 11) is 0. The minimum atomic E-state index is 0.0501. The minimum absolute atomic E-state index is 0.0501. The number of ketones is 1. The van der Waals surface area contributed by atoms with Crippen molar-refractivity contribution in [3.8, 4) is 0 Å². The number of Topliss-reactive ketones (excluding diaryl/α,β-unsaturated/α-hetero) is 1. The first kappa shape index (κ1) is 11.7. The summed E-state index contributed by atoms with van der Waals surface area (Å²) < 4.78 is 0. The predicted octanol–water partition coefficient (Wildman–Crippen LogP) is 2.45. The SMILES string of the molecule is Nc1ncccc1C(=O)CC1CNc2ccccc21. The fourth-order valence-corrected chi connectivity index (χ4v) is 2.53. The molecule has 1 atom stereocenters. The number of nitrogen functional groups attached to an aromatic ring is 1. The van der Waals surface area contributed by atoms with E-state index in [2.05, 4.69) is 16.4 Å². The van der Waals surface area contributed by atoms with Crippen molar-refractivity contribution in [3.05, 3.63) is 53.7 Å². The Kier molecular flexibility index (Phi) is 2.91. The Morgan fingerprint density at radius 2 is 2.16 bits per heavy atom. The molecule has 0 amide bonds. The predicted molar refractivity (Wildman–Crippen MR) is 75.3 cm³/mol. The number of carbonyl (C=O) groups is 1. The highest BCUT2D eigenvalue weighted by Crippen LogP contribution is 2.34. The molecule has 3 rings (SSSR count). The largest absolute Gasteiger partial charge is 0.384 e. The number of nitrogens with zero attached hydrogens (tertiary/aromatic N) is 1. The van der Waals surface area contributed by atoms with E-state index in [0.29, 0.717) is 17.8 Å². The highest BCUT2D eigenvalue weighted by molar-refractivity contribution is 6.00. The third kappa shape index (κ3) is 2.17. The van der Waals surface area contributed by atoms with Crippen molar-refractivity contribution >= 4 is 17.3 Å². The van der Waals surface area contributed by atoms with E-state index in [9.17, 15) is 4.79 Å². The van der Waals surface area contributed by atoms with Crippen molar-refractivity contribution in [3.63, 3.8) is 0 Å². The normalized spacial score (nSPS) is 16.7. The highest BCUT2D eigenvalue weighted by atomic mass is 16.1. The van der Waals surface area contributed by atoms with Crippen LogP contribution in [0.2, 0.25) is 0 Å². The van der Waals surface area contributed by atoms with Crippen molar-refractivity contribution in [2.24, 2.45) is 0 Å². The summed E-state index contributed by atoms with van der Waals surface area (Å²) in [6, 6.07) is 11.6. The van der Waals surface area contributed by atoms with E-state index in [1.807, 2.05) is 18.2 Å². The summed E-state index contributed by atoms with van der Waals surface area (Å²) >= 11 is 0. The van der Waals surface area contributed by atoms with Gasteiger partial charge in [0, 0.05) is 30.8 Å². The van der Waals surface area contributed by atoms with Crippen molar-refractivity contribution in [2.75, 3.05) is 17.6 Å². The maximum Gasteiger partial charge on any atom is 0.167 e. The van der Waals surface area contributed by atoms with Crippen LogP contribution in [0.25, 0.3) is 0 Å². The van der Waals surface area contributed by atoms with E-state index in [1.165, 1.54) is 5.56 Å². The third-order valence-corrected chi connectivity index (χ3v) is 3.51. The minimum Gasteiger partial charge on any atom is -0.384 e. The van der Waals surface area contributed by atoms with Gasteiger partial charge in [0.15, 0.2) is 5.78 Å². The number of nitrogens with one attached hydrogen (secondary N) is 1. The van der Waals surface area contributed by atoms with Gasteiger partial charge in [-0.3, -0.25) is 4.79 Å². The number of anilines is 2. The molecule has 1 unspecified atom stereocenters. The third-order valence-electron chi connectivity index (χ3n) is 3.51. The molecule has 19 heavy (non-hydrogen) atoms. The molecule has 4 heteroatoms. The van der Waals surface area contributed by atoms with E-state index in [-0.39, 0.29) is 11.7 Å². The van der Waals surface area contributed by atoms with Gasteiger partial charge in [0.2, 0.25) is 0 Å². The van der Waals surface area contributed by atoms with Crippen molar-refractivity contribution in [1.29, 1.82) is 0 Å². The number of aromatic nitrogens is 1. The van der Waals surface area contributed by atoms with E-state index in [0.717, 1.165) is 12.2 Å². The Hall–Kier alpha value is -2.36. The Morgan fingerprint density at radius 1 is 1.32 bits per heavy atom. The molecular weight excluding hydrogens is 238 g/mol. The van der Waals surface area contributed by atoms with E-state index in [1.54, 1.807) is 18.3 Å². The van der Waals surface area contributed by atoms with E-state index in [4.69, 9.17) is 5.73 Å². The average molecular weight is 253 g/mol. The summed E-state index contributed by atoms with van der Waals surface area (Å²) in [5, 5.41) is 3.32. The van der Waals surface area contributed by atoms with E-state index < -0.39 is 0 Å². The monoisotopic (exact) mass is 253 g/mol. The van der Waals surface area contributed by atoms with Gasteiger partial charge in [0.05, 0.1) is 5.56 Å². The Bertz CT molecular complexity index is 624. The van der Waals surface area contributed by atoms with Gasteiger partial charge in [0.1, 0.15) is 5.82 Å². The number of rotatable bonds is 3. The van der Waals surface area contributed by atoms with Gasteiger partial charge in [-0.15, -0.1) is 0 Å². The number of para-hydroxylation sites is 1. The number of nitrogens with two attached hydrogens (primary N) is 1. The number of hydrogen-bond acceptors (Lipinski definition) is 4. The molecule has 1 aromatic heterocycles. The molecule has 2 heterocycles. The quantitative estimate of drug-likeness (QED) is 0.824. The van der Waals surface area contributed by atoms with Crippen molar-refractivity contribution in [2.45, 2.75) is 12.3 Å². The number of carbonyl (C=O) groups excluding carboxylic acids is 1. The second kappa shape index (κ2) is 4.72. The summed E-state index contributed by atoms with van der Waals surface area (Å²) in [6.45, 7) is 0.797. The van der Waals surface area contributed by atoms with Crippen LogP contribution in [0.1, 0.15) is 28.3 Å². The lowest BCUT2D eigenvalue weighted by Crippen LogP contribution is -2.11. The molecular formula is C15H15N3O. The molecule has 2 aromatic rings. The fraction of sp³-hybridized carbons (Fsp3) is 0.200. The smallest absolute Gasteiger partial charge is 0.167 e. The molecule has 3 N–H and O–H groups in total. The summed E-state index contributed by atoms with van der Waals surface area (Å²) in [4.78, 5) is 16.2. The maximum atomic E-state index is 12.3. The van der Waals surface area contributed by atoms with Crippen LogP contribution in [0.15, 0.2) is 42.6 Å². The molecule has 0 saturated carbocycles. The molecule has 0 aliphatic carbocycles. The lowest BCUT2D eigenvalue weighted by Gasteiger charge is -2.10. The molecule has 96 valence electrons. The van der Waals surface area contributed by atoms with Crippen LogP contribution < -0.4 is 11.1 Å². The summed E-state index contributed by atoms with van der Waals surface area (Å²) in [6.07, 6.45) is 2.05. The van der Waals surface area contributed by atoms with Crippen LogP contribution in [-0.4, -0.2) is 17.3 Å². The zero-order valence-electron chi connectivity index (χ0n) is 10.5. The van der Waals surface area contributed by atoms with Gasteiger partial charge in [0.25, 0.3) is 0 Å². The van der Waals surface area contributed by atoms with Gasteiger partial charge in [-0.1, -0.05) is 18.2 Å². The van der Waals surface area contributed by atoms with E-state index >= 15 is 0 Å². The van der Waals surface area contributed by atoms with Gasteiger partial charge >= 0.3 is 0 Å². The molecule has 1 aliphatic rings. The second-order valence-electron chi connectivity index (χ2n) is 4.73. The molecule has 0 bridgehead atoms. The lowest BCUT2D eigenvalue weighted by atomic mass is 9.93. The van der Waals surface area contributed by atoms with Crippen LogP contribution in [-0.2, 0) is 0 Å². The number of hydrogen-bond donors (Lipinski definition) is 2. The topological polar surface area (TPSA) is 68.0 Å². The van der Waals surface area contributed by atoms with Gasteiger partial charge in [-0.25, -0.2) is 4.98 Å². The number of fused-ring (bicyclic) bond motifs is 1. The second-order valence-corrected chi connectivity index (χ2v) is 4.73. The Balaban J connectivity index is 1.81. The maximum absolute atomic E-state index is 12.3. The van der Waals surface area contributed by atoms with Crippen LogP contribution >= 0.6 is 0 Å². The number of benzene rings is 1. The Labute approximate surface area is 111 Å². The molecule has 0 saturated heterocycles. The standard InChI is InChI=1S/C15H15N3O/c16-15-12(5-3-7-17-15)14(19)8-10-9-18-13-6-2-1-4-11(10)13/h1-7,10,18H,8-9H2,(H2,16,17). The van der Waals surface area contributed by atoms with Crippen molar-refractivity contribution < 1.29 is 4.79 Å². The van der Waals surface area contributed by atoms with Gasteiger partial charge in [-0.05, 0) is 23.8 Å². The first-order valence-electron chi connectivity index (χ1n) is 6.32. The zero-order chi connectivity index (χ0) is 13.2. The Morgan fingerprint density at radius 3 is 3.00 bits per heavy atom. The summed E-state index contributed by atoms with van der Waals surface area (Å²) in [5.74, 6) is 0.573. The van der Waals surface area contributed by atoms with Gasteiger partial charge in [-0.2, -0.15) is 0 Å². The number of pyridine rings is 1. The van der Waals surface area contributed by atoms with Crippen molar-refractivity contribution in [1.82, 2.24) is 4.98 Å². The van der Waals surface area contributed by atoms with Crippen LogP contribution in [0.3, 0.4) is 0 Å². The molecule has 0 spiro atoms. The van der Waals surface area contributed by atoms with Crippen LogP contribution in [0, 0.1) is 0 Å². The first-order chi connectivity index (χ1) is 9.25. The van der Waals surface area contributed by atoms with Crippen LogP contribution in [0.5, 0.6) is 0 Å². The summed E-state index contributed by atoms with van der Waals surface area (Å²) in [5.41, 5.74) is 8.59. The van der Waals surface area contributed by atoms with Crippen LogP contribution in [0.4, 0.5) is 11.5 Å². The molecule has 0 fully saturated rings. The average Bonchev–Trinajstić information content (AvgIpc) is 2.83. The highest BCUT2D eigenvalue weighted by Gasteiger charge is 2.25. The molecule has 1 aromatic carbocycles. The first-order valence-corrected chi connectivity index (χ1v) is 6.32. The molecule has 4 nitrogen and oxygen atoms in total. The molecule has 1 aliphatic heterocycles. The van der Waals surface area contributed by atoms with Gasteiger partial charge < -0.3 is 11.1 Å².